The van der Waals surface area contributed by atoms with Crippen LogP contribution < -0.4 is 15.5 Å². The third-order valence-corrected chi connectivity index (χ3v) is 5.61. The normalized spacial score (nSPS) is 14.5. The largest absolute Gasteiger partial charge is 0.372 e. The lowest BCUT2D eigenvalue weighted by Gasteiger charge is -2.23. The maximum Gasteiger partial charge on any atom is 0.274 e. The molecule has 0 unspecified atom stereocenters. The quantitative estimate of drug-likeness (QED) is 0.695. The van der Waals surface area contributed by atoms with Gasteiger partial charge in [0.05, 0.1) is 0 Å². The van der Waals surface area contributed by atoms with Gasteiger partial charge >= 0.3 is 0 Å². The van der Waals surface area contributed by atoms with Gasteiger partial charge in [0.1, 0.15) is 5.69 Å². The van der Waals surface area contributed by atoms with Crippen molar-refractivity contribution in [3.8, 4) is 0 Å². The molecule has 2 aromatic rings. The summed E-state index contributed by atoms with van der Waals surface area (Å²) < 4.78 is 0. The van der Waals surface area contributed by atoms with Crippen molar-refractivity contribution in [1.82, 2.24) is 9.97 Å². The maximum absolute atomic E-state index is 12.9. The monoisotopic (exact) mass is 395 g/mol. The van der Waals surface area contributed by atoms with Crippen molar-refractivity contribution in [2.45, 2.75) is 65.8 Å². The molecule has 1 amide bonds. The molecule has 0 radical (unpaired) electrons. The second-order valence-electron chi connectivity index (χ2n) is 7.82. The fraction of sp³-hybridized carbons (Fsp3) is 0.522. The lowest BCUT2D eigenvalue weighted by molar-refractivity contribution is 0.102. The van der Waals surface area contributed by atoms with Gasteiger partial charge in [-0.2, -0.15) is 0 Å². The highest BCUT2D eigenvalue weighted by Gasteiger charge is 2.17. The molecule has 1 aliphatic rings. The van der Waals surface area contributed by atoms with E-state index < -0.39 is 0 Å². The maximum atomic E-state index is 12.9. The molecule has 6 nitrogen and oxygen atoms in total. The Morgan fingerprint density at radius 1 is 1.07 bits per heavy atom. The predicted molar refractivity (Wildman–Crippen MR) is 120 cm³/mol. The molecule has 0 spiro atoms. The van der Waals surface area contributed by atoms with E-state index in [-0.39, 0.29) is 5.91 Å². The Morgan fingerprint density at radius 3 is 2.45 bits per heavy atom. The Hall–Kier alpha value is -2.63. The van der Waals surface area contributed by atoms with Crippen LogP contribution in [0.1, 0.15) is 67.7 Å². The van der Waals surface area contributed by atoms with Crippen molar-refractivity contribution in [1.29, 1.82) is 0 Å². The van der Waals surface area contributed by atoms with Gasteiger partial charge in [-0.15, -0.1) is 0 Å². The Kier molecular flexibility index (Phi) is 7.07. The summed E-state index contributed by atoms with van der Waals surface area (Å²) in [5.74, 6) is 0.344. The van der Waals surface area contributed by atoms with Gasteiger partial charge in [0.25, 0.3) is 5.91 Å². The molecular formula is C23H33N5O. The van der Waals surface area contributed by atoms with Gasteiger partial charge in [0, 0.05) is 36.2 Å². The predicted octanol–water partition coefficient (Wildman–Crippen LogP) is 4.94. The average molecular weight is 396 g/mol. The van der Waals surface area contributed by atoms with Crippen LogP contribution in [-0.4, -0.2) is 35.0 Å². The number of carbonyl (C=O) groups is 1. The third-order valence-electron chi connectivity index (χ3n) is 5.61. The first-order valence-electron chi connectivity index (χ1n) is 10.8. The number of hydrogen-bond donors (Lipinski definition) is 2. The van der Waals surface area contributed by atoms with E-state index in [0.717, 1.165) is 42.9 Å². The van der Waals surface area contributed by atoms with E-state index in [1.165, 1.54) is 24.9 Å². The van der Waals surface area contributed by atoms with Gasteiger partial charge in [-0.1, -0.05) is 19.3 Å². The molecule has 1 aliphatic carbocycles. The molecular weight excluding hydrogens is 362 g/mol. The topological polar surface area (TPSA) is 70.2 Å². The van der Waals surface area contributed by atoms with Crippen molar-refractivity contribution in [3.05, 3.63) is 41.2 Å². The molecule has 0 bridgehead atoms. The van der Waals surface area contributed by atoms with E-state index in [1.54, 1.807) is 6.07 Å². The molecule has 1 saturated carbocycles. The SMILES string of the molecule is CCN(CC)c1ccc(NC(=O)c2cc(C)nc(NC3CCCCC3)n2)c(C)c1. The number of anilines is 3. The number of carbonyl (C=O) groups excluding carboxylic acids is 1. The zero-order valence-electron chi connectivity index (χ0n) is 18.1. The van der Waals surface area contributed by atoms with E-state index >= 15 is 0 Å². The van der Waals surface area contributed by atoms with E-state index in [1.807, 2.05) is 19.9 Å². The van der Waals surface area contributed by atoms with Crippen LogP contribution in [0.15, 0.2) is 24.3 Å². The van der Waals surface area contributed by atoms with Crippen molar-refractivity contribution < 1.29 is 4.79 Å². The summed E-state index contributed by atoms with van der Waals surface area (Å²) in [6.45, 7) is 10.1. The molecule has 29 heavy (non-hydrogen) atoms. The molecule has 3 rings (SSSR count). The Labute approximate surface area is 174 Å². The van der Waals surface area contributed by atoms with E-state index in [0.29, 0.717) is 17.7 Å². The van der Waals surface area contributed by atoms with Crippen LogP contribution in [0.4, 0.5) is 17.3 Å². The van der Waals surface area contributed by atoms with Gasteiger partial charge in [-0.3, -0.25) is 4.79 Å². The first kappa shape index (κ1) is 21.1. The molecule has 0 aliphatic heterocycles. The van der Waals surface area contributed by atoms with Crippen molar-refractivity contribution >= 4 is 23.2 Å². The molecule has 2 N–H and O–H groups in total. The van der Waals surface area contributed by atoms with E-state index in [4.69, 9.17) is 0 Å². The van der Waals surface area contributed by atoms with Crippen LogP contribution in [-0.2, 0) is 0 Å². The number of hydrogen-bond acceptors (Lipinski definition) is 5. The van der Waals surface area contributed by atoms with Crippen molar-refractivity contribution in [3.63, 3.8) is 0 Å². The minimum Gasteiger partial charge on any atom is -0.372 e. The lowest BCUT2D eigenvalue weighted by atomic mass is 9.96. The van der Waals surface area contributed by atoms with E-state index in [2.05, 4.69) is 51.5 Å². The van der Waals surface area contributed by atoms with Crippen molar-refractivity contribution in [2.75, 3.05) is 28.6 Å². The zero-order chi connectivity index (χ0) is 20.8. The van der Waals surface area contributed by atoms with Crippen LogP contribution >= 0.6 is 0 Å². The molecule has 6 heteroatoms. The van der Waals surface area contributed by atoms with Gasteiger partial charge in [-0.25, -0.2) is 9.97 Å². The number of benzene rings is 1. The van der Waals surface area contributed by atoms with Gasteiger partial charge < -0.3 is 15.5 Å². The summed E-state index contributed by atoms with van der Waals surface area (Å²) >= 11 is 0. The number of aryl methyl sites for hydroxylation is 2. The Balaban J connectivity index is 1.73. The summed E-state index contributed by atoms with van der Waals surface area (Å²) in [5.41, 5.74) is 4.19. The van der Waals surface area contributed by atoms with Crippen LogP contribution in [0, 0.1) is 13.8 Å². The molecule has 1 heterocycles. The summed E-state index contributed by atoms with van der Waals surface area (Å²) in [4.78, 5) is 24.1. The number of nitrogens with one attached hydrogen (secondary N) is 2. The molecule has 0 saturated heterocycles. The van der Waals surface area contributed by atoms with Gasteiger partial charge in [0.15, 0.2) is 0 Å². The third kappa shape index (κ3) is 5.46. The minimum absolute atomic E-state index is 0.208. The highest BCUT2D eigenvalue weighted by atomic mass is 16.1. The van der Waals surface area contributed by atoms with Gasteiger partial charge in [-0.05, 0) is 70.4 Å². The number of aromatic nitrogens is 2. The first-order chi connectivity index (χ1) is 14.0. The second-order valence-corrected chi connectivity index (χ2v) is 7.82. The summed E-state index contributed by atoms with van der Waals surface area (Å²) in [7, 11) is 0. The smallest absolute Gasteiger partial charge is 0.274 e. The van der Waals surface area contributed by atoms with E-state index in [9.17, 15) is 4.79 Å². The van der Waals surface area contributed by atoms with Crippen LogP contribution in [0.3, 0.4) is 0 Å². The summed E-state index contributed by atoms with van der Waals surface area (Å²) in [6.07, 6.45) is 6.04. The molecule has 0 atom stereocenters. The fourth-order valence-electron chi connectivity index (χ4n) is 3.94. The molecule has 1 aromatic heterocycles. The summed E-state index contributed by atoms with van der Waals surface area (Å²) in [5, 5.41) is 6.43. The van der Waals surface area contributed by atoms with Crippen LogP contribution in [0.2, 0.25) is 0 Å². The molecule has 1 fully saturated rings. The zero-order valence-corrected chi connectivity index (χ0v) is 18.1. The van der Waals surface area contributed by atoms with Crippen LogP contribution in [0.25, 0.3) is 0 Å². The molecule has 156 valence electrons. The number of amides is 1. The Morgan fingerprint density at radius 2 is 1.79 bits per heavy atom. The number of nitrogens with zero attached hydrogens (tertiary/aromatic N) is 3. The van der Waals surface area contributed by atoms with Crippen LogP contribution in [0.5, 0.6) is 0 Å². The fourth-order valence-corrected chi connectivity index (χ4v) is 3.94. The Bertz CT molecular complexity index is 841. The minimum atomic E-state index is -0.208. The van der Waals surface area contributed by atoms with Crippen molar-refractivity contribution in [2.24, 2.45) is 0 Å². The summed E-state index contributed by atoms with van der Waals surface area (Å²) in [6, 6.07) is 8.27. The average Bonchev–Trinajstić information content (AvgIpc) is 2.71. The van der Waals surface area contributed by atoms with Gasteiger partial charge in [0.2, 0.25) is 5.95 Å². The highest BCUT2D eigenvalue weighted by molar-refractivity contribution is 6.03. The lowest BCUT2D eigenvalue weighted by Crippen LogP contribution is -2.25. The first-order valence-corrected chi connectivity index (χ1v) is 10.8. The number of rotatable bonds is 7. The standard InChI is InChI=1S/C23H33N5O/c1-5-28(6-2)19-12-13-20(16(3)14-19)26-22(29)21-15-17(4)24-23(27-21)25-18-10-8-7-9-11-18/h12-15,18H,5-11H2,1-4H3,(H,26,29)(H,24,25,27). The second kappa shape index (κ2) is 9.72. The highest BCUT2D eigenvalue weighted by Crippen LogP contribution is 2.24. The molecule has 1 aromatic carbocycles.